The molecule has 4 heterocycles. The third kappa shape index (κ3) is 4.43. The Balaban J connectivity index is 1.24. The number of rotatable bonds is 7. The first kappa shape index (κ1) is 21.9. The maximum absolute atomic E-state index is 12.8. The number of nitrogens with one attached hydrogen (secondary N) is 2. The van der Waals surface area contributed by atoms with E-state index < -0.39 is 9.84 Å². The van der Waals surface area contributed by atoms with Gasteiger partial charge in [-0.1, -0.05) is 24.4 Å². The zero-order valence-electron chi connectivity index (χ0n) is 17.8. The third-order valence-corrected chi connectivity index (χ3v) is 9.10. The van der Waals surface area contributed by atoms with Gasteiger partial charge in [-0.05, 0) is 12.8 Å². The number of hydrogen-bond acceptors (Lipinski definition) is 9. The molecular weight excluding hydrogens is 456 g/mol. The van der Waals surface area contributed by atoms with E-state index in [1.54, 1.807) is 10.9 Å². The van der Waals surface area contributed by atoms with Gasteiger partial charge in [0.2, 0.25) is 5.95 Å². The van der Waals surface area contributed by atoms with Crippen LogP contribution in [0.15, 0.2) is 18.6 Å². The molecule has 4 atom stereocenters. The zero-order valence-corrected chi connectivity index (χ0v) is 19.3. The van der Waals surface area contributed by atoms with E-state index in [4.69, 9.17) is 21.1 Å². The number of nitrogens with zero attached hydrogens (tertiary/aromatic N) is 4. The average Bonchev–Trinajstić information content (AvgIpc) is 3.53. The molecule has 2 aromatic heterocycles. The lowest BCUT2D eigenvalue weighted by molar-refractivity contribution is 0.0656. The van der Waals surface area contributed by atoms with Gasteiger partial charge in [0.25, 0.3) is 0 Å². The number of aryl methyl sites for hydroxylation is 1. The standard InChI is InChI=1S/C20H27ClN6O4S/c1-27-8-13(6-23-27)24-20-22-7-15(21)19(26-20)25-16-10-31-17-12(9-30-18(16)17)11-32(28,29)14-4-2-3-5-14/h6-8,12,14,16-18H,2-5,9-11H2,1H3,(H2,22,24,25,26)/t12-,16-,17?,18?/m1/s1. The number of hydrogen-bond donors (Lipinski definition) is 2. The van der Waals surface area contributed by atoms with Crippen LogP contribution in [0.2, 0.25) is 5.02 Å². The fourth-order valence-corrected chi connectivity index (χ4v) is 7.20. The van der Waals surface area contributed by atoms with Crippen molar-refractivity contribution in [2.24, 2.45) is 13.0 Å². The number of ether oxygens (including phenoxy) is 2. The predicted molar refractivity (Wildman–Crippen MR) is 120 cm³/mol. The number of aromatic nitrogens is 4. The van der Waals surface area contributed by atoms with E-state index in [1.807, 2.05) is 13.2 Å². The smallest absolute Gasteiger partial charge is 0.229 e. The molecule has 5 rings (SSSR count). The Labute approximate surface area is 192 Å². The topological polar surface area (TPSA) is 120 Å². The Hall–Kier alpha value is -1.95. The third-order valence-electron chi connectivity index (χ3n) is 6.44. The summed E-state index contributed by atoms with van der Waals surface area (Å²) in [5, 5.41) is 10.7. The molecule has 0 bridgehead atoms. The molecule has 3 fully saturated rings. The molecule has 0 amide bonds. The van der Waals surface area contributed by atoms with E-state index in [0.29, 0.717) is 30.0 Å². The zero-order chi connectivity index (χ0) is 22.3. The van der Waals surface area contributed by atoms with Crippen molar-refractivity contribution in [1.29, 1.82) is 0 Å². The lowest BCUT2D eigenvalue weighted by atomic mass is 10.0. The summed E-state index contributed by atoms with van der Waals surface area (Å²) in [4.78, 5) is 8.69. The summed E-state index contributed by atoms with van der Waals surface area (Å²) < 4.78 is 39.3. The van der Waals surface area contributed by atoms with E-state index in [1.165, 1.54) is 6.20 Å². The van der Waals surface area contributed by atoms with Gasteiger partial charge in [0.05, 0.1) is 54.4 Å². The summed E-state index contributed by atoms with van der Waals surface area (Å²) in [6, 6.07) is -0.183. The molecule has 2 saturated heterocycles. The molecule has 2 unspecified atom stereocenters. The highest BCUT2D eigenvalue weighted by Gasteiger charge is 2.49. The minimum Gasteiger partial charge on any atom is -0.373 e. The van der Waals surface area contributed by atoms with E-state index in [-0.39, 0.29) is 35.2 Å². The fraction of sp³-hybridized carbons (Fsp3) is 0.650. The van der Waals surface area contributed by atoms with Gasteiger partial charge < -0.3 is 20.1 Å². The van der Waals surface area contributed by atoms with Gasteiger partial charge >= 0.3 is 0 Å². The highest BCUT2D eigenvalue weighted by Crippen LogP contribution is 2.36. The minimum absolute atomic E-state index is 0.124. The summed E-state index contributed by atoms with van der Waals surface area (Å²) in [5.74, 6) is 0.821. The van der Waals surface area contributed by atoms with Crippen LogP contribution < -0.4 is 10.6 Å². The molecule has 0 radical (unpaired) electrons. The van der Waals surface area contributed by atoms with E-state index >= 15 is 0 Å². The van der Waals surface area contributed by atoms with Gasteiger partial charge in [-0.15, -0.1) is 0 Å². The monoisotopic (exact) mass is 482 g/mol. The molecule has 2 aromatic rings. The fourth-order valence-electron chi connectivity index (χ4n) is 4.85. The highest BCUT2D eigenvalue weighted by molar-refractivity contribution is 7.92. The Morgan fingerprint density at radius 2 is 1.97 bits per heavy atom. The molecule has 3 aliphatic rings. The van der Waals surface area contributed by atoms with Gasteiger partial charge in [0.1, 0.15) is 11.1 Å². The van der Waals surface area contributed by atoms with Gasteiger partial charge in [0.15, 0.2) is 15.7 Å². The lowest BCUT2D eigenvalue weighted by Gasteiger charge is -2.20. The molecule has 0 aromatic carbocycles. The van der Waals surface area contributed by atoms with Crippen LogP contribution in [0.25, 0.3) is 0 Å². The van der Waals surface area contributed by atoms with Crippen LogP contribution in [0, 0.1) is 5.92 Å². The molecule has 1 aliphatic carbocycles. The van der Waals surface area contributed by atoms with Crippen LogP contribution in [-0.4, -0.2) is 70.6 Å². The van der Waals surface area contributed by atoms with Crippen molar-refractivity contribution in [3.8, 4) is 0 Å². The molecule has 2 N–H and O–H groups in total. The minimum atomic E-state index is -3.14. The normalized spacial score (nSPS) is 28.2. The van der Waals surface area contributed by atoms with Gasteiger partial charge in [-0.25, -0.2) is 13.4 Å². The van der Waals surface area contributed by atoms with Crippen LogP contribution in [-0.2, 0) is 26.4 Å². The summed E-state index contributed by atoms with van der Waals surface area (Å²) in [7, 11) is -1.31. The van der Waals surface area contributed by atoms with Crippen LogP contribution in [0.1, 0.15) is 25.7 Å². The second-order valence-electron chi connectivity index (χ2n) is 8.76. The Bertz CT molecular complexity index is 1070. The maximum Gasteiger partial charge on any atom is 0.229 e. The van der Waals surface area contributed by atoms with Crippen molar-refractivity contribution >= 4 is 38.9 Å². The second kappa shape index (κ2) is 8.77. The number of anilines is 3. The van der Waals surface area contributed by atoms with Crippen molar-refractivity contribution in [2.75, 3.05) is 29.6 Å². The van der Waals surface area contributed by atoms with Gasteiger partial charge in [-0.3, -0.25) is 4.68 Å². The van der Waals surface area contributed by atoms with Gasteiger partial charge in [-0.2, -0.15) is 10.1 Å². The Morgan fingerprint density at radius 3 is 2.72 bits per heavy atom. The largest absolute Gasteiger partial charge is 0.373 e. The summed E-state index contributed by atoms with van der Waals surface area (Å²) >= 11 is 6.32. The molecule has 0 spiro atoms. The summed E-state index contributed by atoms with van der Waals surface area (Å²) in [6.07, 6.45) is 8.05. The lowest BCUT2D eigenvalue weighted by Crippen LogP contribution is -2.37. The van der Waals surface area contributed by atoms with Crippen LogP contribution in [0.4, 0.5) is 17.5 Å². The summed E-state index contributed by atoms with van der Waals surface area (Å²) in [6.45, 7) is 0.770. The van der Waals surface area contributed by atoms with Crippen molar-refractivity contribution in [3.05, 3.63) is 23.6 Å². The molecule has 32 heavy (non-hydrogen) atoms. The second-order valence-corrected chi connectivity index (χ2v) is 11.5. The quantitative estimate of drug-likeness (QED) is 0.611. The molecular formula is C20H27ClN6O4S. The summed E-state index contributed by atoms with van der Waals surface area (Å²) in [5.41, 5.74) is 0.760. The molecule has 10 nitrogen and oxygen atoms in total. The van der Waals surface area contributed by atoms with Crippen molar-refractivity contribution in [1.82, 2.24) is 19.7 Å². The first-order valence-corrected chi connectivity index (χ1v) is 13.0. The number of halogens is 1. The van der Waals surface area contributed by atoms with Crippen molar-refractivity contribution < 1.29 is 17.9 Å². The highest BCUT2D eigenvalue weighted by atomic mass is 35.5. The van der Waals surface area contributed by atoms with Crippen molar-refractivity contribution in [3.63, 3.8) is 0 Å². The van der Waals surface area contributed by atoms with Gasteiger partial charge in [0, 0.05) is 19.2 Å². The van der Waals surface area contributed by atoms with E-state index in [2.05, 4.69) is 25.7 Å². The Morgan fingerprint density at radius 1 is 1.19 bits per heavy atom. The SMILES string of the molecule is Cn1cc(Nc2ncc(Cl)c(N[C@@H]3COC4C3OC[C@@H]4CS(=O)(=O)C3CCCC3)n2)cn1. The van der Waals surface area contributed by atoms with Crippen LogP contribution in [0.5, 0.6) is 0 Å². The first-order valence-electron chi connectivity index (χ1n) is 10.9. The molecule has 12 heteroatoms. The number of sulfone groups is 1. The predicted octanol–water partition coefficient (Wildman–Crippen LogP) is 2.16. The van der Waals surface area contributed by atoms with Crippen molar-refractivity contribution in [2.45, 2.75) is 49.2 Å². The molecule has 1 saturated carbocycles. The van der Waals surface area contributed by atoms with Crippen LogP contribution in [0.3, 0.4) is 0 Å². The van der Waals surface area contributed by atoms with E-state index in [9.17, 15) is 8.42 Å². The van der Waals surface area contributed by atoms with Crippen LogP contribution >= 0.6 is 11.6 Å². The van der Waals surface area contributed by atoms with E-state index in [0.717, 1.165) is 31.4 Å². The number of fused-ring (bicyclic) bond motifs is 1. The average molecular weight is 483 g/mol. The first-order chi connectivity index (χ1) is 15.4. The Kier molecular flexibility index (Phi) is 5.99. The maximum atomic E-state index is 12.8. The molecule has 2 aliphatic heterocycles. The molecule has 174 valence electrons.